The van der Waals surface area contributed by atoms with Crippen LogP contribution in [0.25, 0.3) is 0 Å². The van der Waals surface area contributed by atoms with Crippen LogP contribution >= 0.6 is 0 Å². The number of hydrogen-bond acceptors (Lipinski definition) is 4. The van der Waals surface area contributed by atoms with Crippen molar-refractivity contribution in [2.75, 3.05) is 0 Å². The fourth-order valence-electron chi connectivity index (χ4n) is 1.01. The van der Waals surface area contributed by atoms with Gasteiger partial charge in [0.2, 0.25) is 0 Å². The average Bonchev–Trinajstić information content (AvgIpc) is 2.36. The Morgan fingerprint density at radius 2 is 0.955 bits per heavy atom. The highest BCUT2D eigenvalue weighted by atomic mass is 17.2. The van der Waals surface area contributed by atoms with Crippen LogP contribution in [0.15, 0.2) is 24.3 Å². The Morgan fingerprint density at radius 3 is 1.09 bits per heavy atom. The number of aromatic carboxylic acids is 2. The molecule has 2 N–H and O–H groups in total. The van der Waals surface area contributed by atoms with Gasteiger partial charge in [-0.2, -0.15) is 0 Å². The normalized spacial score (nSPS) is 11.4. The zero-order chi connectivity index (χ0) is 17.6. The van der Waals surface area contributed by atoms with Crippen LogP contribution in [-0.2, 0) is 9.78 Å². The van der Waals surface area contributed by atoms with E-state index in [2.05, 4.69) is 0 Å². The zero-order valence-electron chi connectivity index (χ0n) is 13.8. The molecule has 1 aromatic rings. The van der Waals surface area contributed by atoms with E-state index in [0.717, 1.165) is 0 Å². The summed E-state index contributed by atoms with van der Waals surface area (Å²) in [5.74, 6) is -2.13. The molecule has 22 heavy (non-hydrogen) atoms. The molecule has 0 amide bonds. The zero-order valence-corrected chi connectivity index (χ0v) is 13.8. The molecule has 0 bridgehead atoms. The van der Waals surface area contributed by atoms with Crippen molar-refractivity contribution in [2.45, 2.75) is 52.7 Å². The van der Waals surface area contributed by atoms with Gasteiger partial charge in [0.15, 0.2) is 0 Å². The van der Waals surface area contributed by atoms with E-state index in [1.807, 2.05) is 41.5 Å². The van der Waals surface area contributed by atoms with Gasteiger partial charge in [0.25, 0.3) is 0 Å². The number of carboxylic acid groups (broad SMARTS) is 2. The second-order valence-electron chi connectivity index (χ2n) is 6.58. The van der Waals surface area contributed by atoms with Crippen molar-refractivity contribution in [3.63, 3.8) is 0 Å². The Kier molecular flexibility index (Phi) is 7.22. The minimum atomic E-state index is -1.06. The molecule has 6 nitrogen and oxygen atoms in total. The van der Waals surface area contributed by atoms with Crippen molar-refractivity contribution < 1.29 is 29.6 Å². The molecule has 0 saturated heterocycles. The summed E-state index contributed by atoms with van der Waals surface area (Å²) in [5, 5.41) is 16.9. The summed E-state index contributed by atoms with van der Waals surface area (Å²) in [6, 6.07) is 5.02. The summed E-state index contributed by atoms with van der Waals surface area (Å²) in [7, 11) is 0. The van der Waals surface area contributed by atoms with E-state index in [1.165, 1.54) is 24.3 Å². The molecule has 0 saturated carbocycles. The fourth-order valence-corrected chi connectivity index (χ4v) is 1.01. The molecule has 0 atom stereocenters. The Hall–Kier alpha value is -1.92. The first-order chi connectivity index (χ1) is 9.82. The number of rotatable bonds is 3. The van der Waals surface area contributed by atoms with Crippen LogP contribution in [0.2, 0.25) is 0 Å². The number of benzene rings is 1. The van der Waals surface area contributed by atoms with Crippen molar-refractivity contribution in [3.05, 3.63) is 35.4 Å². The van der Waals surface area contributed by atoms with E-state index in [0.29, 0.717) is 0 Å². The molecule has 1 rings (SSSR count). The predicted octanol–water partition coefficient (Wildman–Crippen LogP) is 3.61. The van der Waals surface area contributed by atoms with E-state index >= 15 is 0 Å². The van der Waals surface area contributed by atoms with Gasteiger partial charge in [0.1, 0.15) is 0 Å². The van der Waals surface area contributed by atoms with Crippen molar-refractivity contribution in [1.29, 1.82) is 0 Å². The summed E-state index contributed by atoms with van der Waals surface area (Å²) < 4.78 is 0. The van der Waals surface area contributed by atoms with Crippen LogP contribution in [0, 0.1) is 0 Å². The van der Waals surface area contributed by atoms with Crippen LogP contribution in [-0.4, -0.2) is 33.4 Å². The van der Waals surface area contributed by atoms with Crippen molar-refractivity contribution in [3.8, 4) is 0 Å². The molecule has 0 spiro atoms. The molecular formula is C16H24O6. The van der Waals surface area contributed by atoms with Crippen LogP contribution in [0.3, 0.4) is 0 Å². The van der Waals surface area contributed by atoms with Crippen LogP contribution in [0.1, 0.15) is 62.3 Å². The van der Waals surface area contributed by atoms with E-state index in [4.69, 9.17) is 20.0 Å². The molecule has 0 aliphatic carbocycles. The summed E-state index contributed by atoms with van der Waals surface area (Å²) >= 11 is 0. The van der Waals surface area contributed by atoms with Crippen LogP contribution in [0.4, 0.5) is 0 Å². The molecule has 0 heterocycles. The van der Waals surface area contributed by atoms with Crippen molar-refractivity contribution >= 4 is 11.9 Å². The first-order valence-electron chi connectivity index (χ1n) is 6.75. The lowest BCUT2D eigenvalue weighted by Gasteiger charge is -2.24. The maximum Gasteiger partial charge on any atom is 0.335 e. The molecule has 0 fully saturated rings. The molecule has 6 heteroatoms. The highest BCUT2D eigenvalue weighted by molar-refractivity contribution is 5.91. The van der Waals surface area contributed by atoms with Crippen molar-refractivity contribution in [1.82, 2.24) is 0 Å². The van der Waals surface area contributed by atoms with Gasteiger partial charge in [-0.3, -0.25) is 0 Å². The molecule has 0 radical (unpaired) electrons. The third-order valence-corrected chi connectivity index (χ3v) is 1.92. The standard InChI is InChI=1S/C8H6O4.C8H18O2/c9-7(10)5-1-2-6(4-3-5)8(11)12;1-7(2,3)9-10-8(4,5)6/h1-4H,(H,9,10)(H,11,12);1-6H3. The van der Waals surface area contributed by atoms with Crippen LogP contribution < -0.4 is 0 Å². The predicted molar refractivity (Wildman–Crippen MR) is 82.0 cm³/mol. The monoisotopic (exact) mass is 312 g/mol. The van der Waals surface area contributed by atoms with Gasteiger partial charge >= 0.3 is 11.9 Å². The SMILES string of the molecule is CC(C)(C)OOC(C)(C)C.O=C(O)c1ccc(C(=O)O)cc1. The average molecular weight is 312 g/mol. The maximum absolute atomic E-state index is 10.3. The Balaban J connectivity index is 0.000000409. The van der Waals surface area contributed by atoms with E-state index in [-0.39, 0.29) is 22.3 Å². The minimum absolute atomic E-state index is 0.0833. The van der Waals surface area contributed by atoms with E-state index < -0.39 is 11.9 Å². The Morgan fingerprint density at radius 1 is 0.727 bits per heavy atom. The third-order valence-electron chi connectivity index (χ3n) is 1.92. The summed E-state index contributed by atoms with van der Waals surface area (Å²) in [6.07, 6.45) is 0. The highest BCUT2D eigenvalue weighted by Crippen LogP contribution is 2.14. The van der Waals surface area contributed by atoms with Gasteiger partial charge in [-0.25, -0.2) is 19.4 Å². The number of carboxylic acids is 2. The molecule has 0 aromatic heterocycles. The Labute approximate surface area is 130 Å². The largest absolute Gasteiger partial charge is 0.478 e. The lowest BCUT2D eigenvalue weighted by atomic mass is 10.1. The van der Waals surface area contributed by atoms with Crippen molar-refractivity contribution in [2.24, 2.45) is 0 Å². The summed E-state index contributed by atoms with van der Waals surface area (Å²) in [5.41, 5.74) is -0.263. The van der Waals surface area contributed by atoms with Gasteiger partial charge in [0, 0.05) is 0 Å². The minimum Gasteiger partial charge on any atom is -0.478 e. The Bertz CT molecular complexity index is 444. The molecule has 0 aliphatic rings. The molecular weight excluding hydrogens is 288 g/mol. The third kappa shape index (κ3) is 9.90. The smallest absolute Gasteiger partial charge is 0.335 e. The molecule has 124 valence electrons. The highest BCUT2D eigenvalue weighted by Gasteiger charge is 2.18. The van der Waals surface area contributed by atoms with Gasteiger partial charge in [-0.15, -0.1) is 0 Å². The van der Waals surface area contributed by atoms with Gasteiger partial charge < -0.3 is 10.2 Å². The maximum atomic E-state index is 10.3. The summed E-state index contributed by atoms with van der Waals surface area (Å²) in [4.78, 5) is 30.9. The van der Waals surface area contributed by atoms with E-state index in [9.17, 15) is 9.59 Å². The lowest BCUT2D eigenvalue weighted by molar-refractivity contribution is -0.393. The topological polar surface area (TPSA) is 93.1 Å². The van der Waals surface area contributed by atoms with Gasteiger partial charge in [-0.1, -0.05) is 0 Å². The first kappa shape index (κ1) is 20.1. The second kappa shape index (κ2) is 7.91. The van der Waals surface area contributed by atoms with Gasteiger partial charge in [0.05, 0.1) is 22.3 Å². The fraction of sp³-hybridized carbons (Fsp3) is 0.500. The number of carbonyl (C=O) groups is 2. The van der Waals surface area contributed by atoms with Gasteiger partial charge in [-0.05, 0) is 65.8 Å². The molecule has 0 unspecified atom stereocenters. The molecule has 1 aromatic carbocycles. The number of hydrogen-bond donors (Lipinski definition) is 2. The first-order valence-corrected chi connectivity index (χ1v) is 6.75. The quantitative estimate of drug-likeness (QED) is 0.654. The lowest BCUT2D eigenvalue weighted by Crippen LogP contribution is -2.27. The van der Waals surface area contributed by atoms with Crippen LogP contribution in [0.5, 0.6) is 0 Å². The second-order valence-corrected chi connectivity index (χ2v) is 6.58. The molecule has 0 aliphatic heterocycles. The van der Waals surface area contributed by atoms with E-state index in [1.54, 1.807) is 0 Å². The summed E-state index contributed by atoms with van der Waals surface area (Å²) in [6.45, 7) is 11.7.